The third-order valence-corrected chi connectivity index (χ3v) is 8.82. The van der Waals surface area contributed by atoms with Gasteiger partial charge in [0.25, 0.3) is 20.2 Å². The quantitative estimate of drug-likeness (QED) is 0.0695. The van der Waals surface area contributed by atoms with Crippen molar-refractivity contribution in [3.05, 3.63) is 78.4 Å². The molecular formula is C27H24N6O7S3. The number of methoxy groups -OCH3 is 1. The number of benzene rings is 4. The Morgan fingerprint density at radius 1 is 0.860 bits per heavy atom. The Balaban J connectivity index is 1.43. The second kappa shape index (κ2) is 11.6. The third-order valence-electron chi connectivity index (χ3n) is 6.27. The Labute approximate surface area is 250 Å². The molecule has 0 radical (unpaired) electrons. The molecule has 6 N–H and O–H groups in total. The van der Waals surface area contributed by atoms with E-state index in [2.05, 4.69) is 26.1 Å². The molecule has 43 heavy (non-hydrogen) atoms. The molecule has 0 atom stereocenters. The molecule has 5 aromatic rings. The lowest BCUT2D eigenvalue weighted by Gasteiger charge is -2.15. The van der Waals surface area contributed by atoms with Gasteiger partial charge in [0.15, 0.2) is 5.13 Å². The van der Waals surface area contributed by atoms with Gasteiger partial charge in [-0.2, -0.15) is 21.9 Å². The predicted molar refractivity (Wildman–Crippen MR) is 165 cm³/mol. The van der Waals surface area contributed by atoms with Crippen LogP contribution in [0.2, 0.25) is 0 Å². The van der Waals surface area contributed by atoms with Gasteiger partial charge in [0, 0.05) is 11.6 Å². The average Bonchev–Trinajstić information content (AvgIpc) is 3.34. The molecule has 1 aromatic heterocycles. The van der Waals surface area contributed by atoms with Crippen molar-refractivity contribution in [2.24, 2.45) is 10.2 Å². The molecule has 0 spiro atoms. The molecule has 0 unspecified atom stereocenters. The van der Waals surface area contributed by atoms with Gasteiger partial charge in [-0.1, -0.05) is 47.7 Å². The zero-order valence-corrected chi connectivity index (χ0v) is 25.0. The van der Waals surface area contributed by atoms with E-state index in [0.717, 1.165) is 34.5 Å². The van der Waals surface area contributed by atoms with E-state index in [1.54, 1.807) is 13.0 Å². The van der Waals surface area contributed by atoms with Crippen LogP contribution in [0.1, 0.15) is 5.56 Å². The summed E-state index contributed by atoms with van der Waals surface area (Å²) >= 11 is 1.26. The standard InChI is InChI=1S/C27H24N6O7S3/c1-15-11-21(31-33-26-25(29-27(28)41-26)18-8-7-16-5-3-4-6-17(16)12-18)23(40-2)14-20(15)30-32-22-13-19(42(34,35)36)9-10-24(22)43(37,38)39/h3-14,31,33H,1-2H3,(H2,28,29)(H,34,35,36)(H,37,38,39). The van der Waals surface area contributed by atoms with Crippen molar-refractivity contribution in [3.63, 3.8) is 0 Å². The van der Waals surface area contributed by atoms with Crippen molar-refractivity contribution in [1.82, 2.24) is 4.98 Å². The summed E-state index contributed by atoms with van der Waals surface area (Å²) in [6.45, 7) is 1.71. The average molecular weight is 641 g/mol. The van der Waals surface area contributed by atoms with E-state index in [1.165, 1.54) is 24.5 Å². The van der Waals surface area contributed by atoms with E-state index >= 15 is 0 Å². The smallest absolute Gasteiger partial charge is 0.296 e. The molecule has 0 saturated heterocycles. The van der Waals surface area contributed by atoms with Gasteiger partial charge in [0.2, 0.25) is 0 Å². The summed E-state index contributed by atoms with van der Waals surface area (Å²) in [6, 6.07) is 19.6. The van der Waals surface area contributed by atoms with Gasteiger partial charge in [-0.15, -0.1) is 5.11 Å². The number of rotatable bonds is 9. The summed E-state index contributed by atoms with van der Waals surface area (Å²) in [4.78, 5) is 3.18. The van der Waals surface area contributed by atoms with Crippen LogP contribution < -0.4 is 21.3 Å². The first-order valence-electron chi connectivity index (χ1n) is 12.3. The van der Waals surface area contributed by atoms with E-state index in [4.69, 9.17) is 10.5 Å². The van der Waals surface area contributed by atoms with Crippen LogP contribution in [0.5, 0.6) is 5.75 Å². The van der Waals surface area contributed by atoms with Crippen molar-refractivity contribution in [2.45, 2.75) is 16.7 Å². The second-order valence-electron chi connectivity index (χ2n) is 9.16. The Bertz CT molecular complexity index is 2110. The van der Waals surface area contributed by atoms with Gasteiger partial charge >= 0.3 is 0 Å². The van der Waals surface area contributed by atoms with Crippen LogP contribution >= 0.6 is 11.3 Å². The molecule has 0 bridgehead atoms. The lowest BCUT2D eigenvalue weighted by molar-refractivity contribution is 0.416. The van der Waals surface area contributed by atoms with Gasteiger partial charge in [0.05, 0.1) is 23.4 Å². The zero-order chi connectivity index (χ0) is 30.9. The molecule has 0 fully saturated rings. The number of ether oxygens (including phenoxy) is 1. The third kappa shape index (κ3) is 6.58. The van der Waals surface area contributed by atoms with Gasteiger partial charge in [0.1, 0.15) is 27.0 Å². The molecule has 16 heteroatoms. The number of anilines is 3. The van der Waals surface area contributed by atoms with E-state index in [0.29, 0.717) is 32.8 Å². The van der Waals surface area contributed by atoms with Gasteiger partial charge in [-0.25, -0.2) is 4.98 Å². The highest BCUT2D eigenvalue weighted by atomic mass is 32.2. The Morgan fingerprint density at radius 3 is 2.28 bits per heavy atom. The SMILES string of the molecule is COc1cc(N=Nc2cc(S(=O)(=O)O)ccc2S(=O)(=O)O)c(C)cc1NNc1sc(N)nc1-c1ccc2ccccc2c1. The molecule has 222 valence electrons. The summed E-state index contributed by atoms with van der Waals surface area (Å²) in [5.74, 6) is 0.332. The van der Waals surface area contributed by atoms with Gasteiger partial charge in [-0.3, -0.25) is 20.0 Å². The number of thiazole rings is 1. The maximum atomic E-state index is 11.8. The van der Waals surface area contributed by atoms with E-state index in [-0.39, 0.29) is 5.69 Å². The van der Waals surface area contributed by atoms with Crippen LogP contribution in [0, 0.1) is 6.92 Å². The number of hydrogen-bond donors (Lipinski definition) is 5. The Morgan fingerprint density at radius 2 is 1.58 bits per heavy atom. The molecule has 0 aliphatic carbocycles. The Kier molecular flexibility index (Phi) is 8.04. The fourth-order valence-electron chi connectivity index (χ4n) is 4.19. The number of nitrogens with zero attached hydrogens (tertiary/aromatic N) is 3. The number of fused-ring (bicyclic) bond motifs is 1. The zero-order valence-electron chi connectivity index (χ0n) is 22.5. The number of nitrogens with one attached hydrogen (secondary N) is 2. The minimum atomic E-state index is -4.78. The number of hydrazine groups is 1. The normalized spacial score (nSPS) is 12.1. The van der Waals surface area contributed by atoms with Crippen LogP contribution in [0.4, 0.5) is 27.2 Å². The van der Waals surface area contributed by atoms with Gasteiger partial charge < -0.3 is 10.5 Å². The predicted octanol–water partition coefficient (Wildman–Crippen LogP) is 6.21. The summed E-state index contributed by atoms with van der Waals surface area (Å²) in [6.07, 6.45) is 0. The van der Waals surface area contributed by atoms with Crippen molar-refractivity contribution >= 4 is 69.5 Å². The summed E-state index contributed by atoms with van der Waals surface area (Å²) < 4.78 is 71.1. The molecule has 5 rings (SSSR count). The largest absolute Gasteiger partial charge is 0.494 e. The van der Waals surface area contributed by atoms with E-state index in [1.807, 2.05) is 42.5 Å². The lowest BCUT2D eigenvalue weighted by atomic mass is 10.1. The maximum absolute atomic E-state index is 11.8. The molecule has 1 heterocycles. The molecular weight excluding hydrogens is 617 g/mol. The van der Waals surface area contributed by atoms with Crippen LogP contribution in [0.3, 0.4) is 0 Å². The fraction of sp³-hybridized carbons (Fsp3) is 0.0741. The molecule has 0 aliphatic rings. The van der Waals surface area contributed by atoms with Crippen molar-refractivity contribution in [3.8, 4) is 17.0 Å². The minimum Gasteiger partial charge on any atom is -0.494 e. The monoisotopic (exact) mass is 640 g/mol. The molecule has 0 amide bonds. The number of nitrogens with two attached hydrogens (primary N) is 1. The number of nitrogen functional groups attached to an aromatic ring is 1. The first-order chi connectivity index (χ1) is 20.3. The van der Waals surface area contributed by atoms with Crippen molar-refractivity contribution in [1.29, 1.82) is 0 Å². The summed E-state index contributed by atoms with van der Waals surface area (Å²) in [5.41, 5.74) is 14.6. The fourth-order valence-corrected chi connectivity index (χ4v) is 6.00. The number of aromatic nitrogens is 1. The van der Waals surface area contributed by atoms with E-state index in [9.17, 15) is 25.9 Å². The summed E-state index contributed by atoms with van der Waals surface area (Å²) in [5, 5.41) is 11.1. The van der Waals surface area contributed by atoms with Gasteiger partial charge in [-0.05, 0) is 53.6 Å². The van der Waals surface area contributed by atoms with Crippen LogP contribution in [0.15, 0.2) is 92.8 Å². The topological polar surface area (TPSA) is 206 Å². The molecule has 4 aromatic carbocycles. The molecule has 0 saturated carbocycles. The maximum Gasteiger partial charge on any atom is 0.296 e. The first kappa shape index (κ1) is 29.9. The first-order valence-corrected chi connectivity index (χ1v) is 16.0. The summed E-state index contributed by atoms with van der Waals surface area (Å²) in [7, 11) is -8.02. The van der Waals surface area contributed by atoms with E-state index < -0.39 is 35.7 Å². The second-order valence-corrected chi connectivity index (χ2v) is 13.0. The highest BCUT2D eigenvalue weighted by Gasteiger charge is 2.20. The number of aryl methyl sites for hydroxylation is 1. The number of hydrogen-bond acceptors (Lipinski definition) is 12. The van der Waals surface area contributed by atoms with Crippen molar-refractivity contribution in [2.75, 3.05) is 23.7 Å². The van der Waals surface area contributed by atoms with Crippen LogP contribution in [-0.4, -0.2) is 38.0 Å². The highest BCUT2D eigenvalue weighted by Crippen LogP contribution is 2.38. The molecule has 0 aliphatic heterocycles. The van der Waals surface area contributed by atoms with Crippen molar-refractivity contribution < 1.29 is 30.7 Å². The highest BCUT2D eigenvalue weighted by molar-refractivity contribution is 7.86. The lowest BCUT2D eigenvalue weighted by Crippen LogP contribution is -2.09. The Hall–Kier alpha value is -4.61. The van der Waals surface area contributed by atoms with Crippen LogP contribution in [-0.2, 0) is 20.2 Å². The minimum absolute atomic E-state index is 0.250. The molecule has 13 nitrogen and oxygen atoms in total. The van der Waals surface area contributed by atoms with Crippen LogP contribution in [0.25, 0.3) is 22.0 Å². The number of azo groups is 1.